The number of fused-ring (bicyclic) bond motifs is 4. The highest BCUT2D eigenvalue weighted by Crippen LogP contribution is 2.46. The van der Waals surface area contributed by atoms with Crippen LogP contribution in [0.2, 0.25) is 0 Å². The summed E-state index contributed by atoms with van der Waals surface area (Å²) >= 11 is 0. The first-order chi connectivity index (χ1) is 17.0. The van der Waals surface area contributed by atoms with Gasteiger partial charge in [-0.2, -0.15) is 0 Å². The molecule has 3 aromatic carbocycles. The zero-order valence-electron chi connectivity index (χ0n) is 18.5. The fourth-order valence-electron chi connectivity index (χ4n) is 4.60. The van der Waals surface area contributed by atoms with Gasteiger partial charge in [0.1, 0.15) is 6.04 Å². The molecule has 0 fully saturated rings. The van der Waals surface area contributed by atoms with Crippen molar-refractivity contribution >= 4 is 34.3 Å². The first kappa shape index (κ1) is 20.7. The van der Waals surface area contributed by atoms with E-state index < -0.39 is 11.0 Å². The average molecular weight is 469 g/mol. The number of anilines is 2. The van der Waals surface area contributed by atoms with Crippen LogP contribution < -0.4 is 20.1 Å². The Morgan fingerprint density at radius 1 is 1.11 bits per heavy atom. The number of nitrogens with zero attached hydrogens (tertiary/aromatic N) is 3. The second kappa shape index (κ2) is 7.87. The number of hydrogen-bond acceptors (Lipinski definition) is 7. The summed E-state index contributed by atoms with van der Waals surface area (Å²) < 4.78 is 12.7. The number of rotatable bonds is 4. The van der Waals surface area contributed by atoms with Gasteiger partial charge in [-0.1, -0.05) is 30.3 Å². The number of para-hydroxylation sites is 3. The van der Waals surface area contributed by atoms with Crippen molar-refractivity contribution in [1.29, 1.82) is 0 Å². The van der Waals surface area contributed by atoms with Crippen LogP contribution in [-0.2, 0) is 4.79 Å². The number of amides is 1. The Morgan fingerprint density at radius 3 is 2.60 bits per heavy atom. The molecule has 1 amide bonds. The van der Waals surface area contributed by atoms with Crippen LogP contribution in [0.1, 0.15) is 18.5 Å². The van der Waals surface area contributed by atoms with Gasteiger partial charge in [-0.25, -0.2) is 4.98 Å². The molecule has 0 saturated heterocycles. The van der Waals surface area contributed by atoms with Gasteiger partial charge in [-0.05, 0) is 37.3 Å². The minimum absolute atomic E-state index is 0.0301. The maximum atomic E-state index is 13.7. The molecule has 0 unspecified atom stereocenters. The lowest BCUT2D eigenvalue weighted by Crippen LogP contribution is -2.31. The fourth-order valence-corrected chi connectivity index (χ4v) is 4.60. The summed E-state index contributed by atoms with van der Waals surface area (Å²) in [5.41, 5.74) is 3.01. The fraction of sp³-hybridized carbons (Fsp3) is 0.120. The molecule has 35 heavy (non-hydrogen) atoms. The molecule has 10 nitrogen and oxygen atoms in total. The van der Waals surface area contributed by atoms with E-state index in [4.69, 9.17) is 9.47 Å². The molecule has 6 rings (SSSR count). The highest BCUT2D eigenvalue weighted by atomic mass is 16.7. The van der Waals surface area contributed by atoms with Gasteiger partial charge < -0.3 is 20.1 Å². The van der Waals surface area contributed by atoms with Crippen LogP contribution in [0.3, 0.4) is 0 Å². The van der Waals surface area contributed by atoms with E-state index in [0.29, 0.717) is 45.5 Å². The number of nitro groups is 1. The molecule has 4 aromatic rings. The van der Waals surface area contributed by atoms with Crippen LogP contribution in [0.15, 0.2) is 78.0 Å². The van der Waals surface area contributed by atoms with E-state index in [1.54, 1.807) is 25.1 Å². The number of nitro benzene ring substituents is 1. The third-order valence-electron chi connectivity index (χ3n) is 6.12. The number of nitrogens with one attached hydrogen (secondary N) is 2. The summed E-state index contributed by atoms with van der Waals surface area (Å²) in [5.74, 6) is 0.773. The summed E-state index contributed by atoms with van der Waals surface area (Å²) in [6.45, 7) is 1.73. The third-order valence-corrected chi connectivity index (χ3v) is 6.12. The van der Waals surface area contributed by atoms with E-state index in [1.165, 1.54) is 6.07 Å². The zero-order valence-corrected chi connectivity index (χ0v) is 18.5. The lowest BCUT2D eigenvalue weighted by Gasteiger charge is -2.30. The van der Waals surface area contributed by atoms with E-state index in [9.17, 15) is 14.9 Å². The molecule has 174 valence electrons. The van der Waals surface area contributed by atoms with Gasteiger partial charge in [0.2, 0.25) is 12.7 Å². The van der Waals surface area contributed by atoms with Crippen LogP contribution in [0.4, 0.5) is 17.3 Å². The Bertz CT molecular complexity index is 1540. The van der Waals surface area contributed by atoms with E-state index >= 15 is 0 Å². The molecule has 10 heteroatoms. The lowest BCUT2D eigenvalue weighted by atomic mass is 9.92. The molecule has 2 aliphatic heterocycles. The molecule has 3 heterocycles. The van der Waals surface area contributed by atoms with Crippen molar-refractivity contribution in [3.63, 3.8) is 0 Å². The molecule has 0 spiro atoms. The van der Waals surface area contributed by atoms with Crippen molar-refractivity contribution in [3.8, 4) is 11.5 Å². The minimum Gasteiger partial charge on any atom is -0.454 e. The van der Waals surface area contributed by atoms with Crippen molar-refractivity contribution < 1.29 is 19.2 Å². The molecular weight excluding hydrogens is 450 g/mol. The third kappa shape index (κ3) is 3.34. The molecule has 0 radical (unpaired) electrons. The standard InChI is InChI=1S/C25H19N5O5/c1-14-22(24(31)27-15-7-3-2-4-8-15)23(29-18-10-6-5-9-17(18)28-25(29)26-14)16-11-20-21(35-13-34-20)12-19(16)30(32)33/h2-12,23H,13H2,1H3,(H,26,28)(H,27,31)/t23-/m1/s1. The molecule has 0 bridgehead atoms. The predicted octanol–water partition coefficient (Wildman–Crippen LogP) is 4.60. The summed E-state index contributed by atoms with van der Waals surface area (Å²) in [4.78, 5) is 30.0. The molecule has 2 N–H and O–H groups in total. The minimum atomic E-state index is -0.850. The van der Waals surface area contributed by atoms with Gasteiger partial charge >= 0.3 is 0 Å². The molecule has 1 aromatic heterocycles. The van der Waals surface area contributed by atoms with Crippen molar-refractivity contribution in [2.45, 2.75) is 13.0 Å². The van der Waals surface area contributed by atoms with E-state index in [0.717, 1.165) is 5.52 Å². The number of allylic oxidation sites excluding steroid dienone is 1. The molecule has 0 aliphatic carbocycles. The smallest absolute Gasteiger partial charge is 0.279 e. The molecule has 1 atom stereocenters. The van der Waals surface area contributed by atoms with E-state index in [1.807, 2.05) is 47.0 Å². The Balaban J connectivity index is 1.59. The van der Waals surface area contributed by atoms with Crippen LogP contribution in [0.25, 0.3) is 11.0 Å². The summed E-state index contributed by atoms with van der Waals surface area (Å²) in [7, 11) is 0. The summed E-state index contributed by atoms with van der Waals surface area (Å²) in [6.07, 6.45) is 0. The number of hydrogen-bond donors (Lipinski definition) is 2. The number of benzene rings is 3. The SMILES string of the molecule is CC1=C(C(=O)Nc2ccccc2)[C@@H](c2cc3c(cc2[N+](=O)[O-])OCO3)n2c(nc3ccccc32)N1. The summed E-state index contributed by atoms with van der Waals surface area (Å²) in [6, 6.07) is 18.6. The monoisotopic (exact) mass is 469 g/mol. The zero-order chi connectivity index (χ0) is 24.1. The topological polar surface area (TPSA) is 121 Å². The molecule has 2 aliphatic rings. The second-order valence-corrected chi connectivity index (χ2v) is 8.20. The second-order valence-electron chi connectivity index (χ2n) is 8.20. The number of imidazole rings is 1. The van der Waals surface area contributed by atoms with Gasteiger partial charge in [0.05, 0.1) is 33.2 Å². The molecular formula is C25H19N5O5. The van der Waals surface area contributed by atoms with Gasteiger partial charge in [0.15, 0.2) is 11.5 Å². The average Bonchev–Trinajstić information content (AvgIpc) is 3.46. The number of carbonyl (C=O) groups is 1. The molecule has 0 saturated carbocycles. The predicted molar refractivity (Wildman–Crippen MR) is 128 cm³/mol. The first-order valence-corrected chi connectivity index (χ1v) is 10.9. The van der Waals surface area contributed by atoms with E-state index in [-0.39, 0.29) is 18.4 Å². The van der Waals surface area contributed by atoms with Crippen LogP contribution in [0, 0.1) is 10.1 Å². The maximum absolute atomic E-state index is 13.7. The Hall–Kier alpha value is -4.86. The Labute approximate surface area is 198 Å². The van der Waals surface area contributed by atoms with E-state index in [2.05, 4.69) is 15.6 Å². The summed E-state index contributed by atoms with van der Waals surface area (Å²) in [5, 5.41) is 18.3. The van der Waals surface area contributed by atoms with Gasteiger partial charge in [-0.3, -0.25) is 19.5 Å². The van der Waals surface area contributed by atoms with Gasteiger partial charge in [-0.15, -0.1) is 0 Å². The normalized spacial score (nSPS) is 16.1. The number of carbonyl (C=O) groups excluding carboxylic acids is 1. The van der Waals surface area contributed by atoms with Crippen LogP contribution in [-0.4, -0.2) is 27.2 Å². The Morgan fingerprint density at radius 2 is 1.83 bits per heavy atom. The first-order valence-electron chi connectivity index (χ1n) is 10.9. The van der Waals surface area contributed by atoms with Gasteiger partial charge in [0.25, 0.3) is 11.6 Å². The van der Waals surface area contributed by atoms with Crippen LogP contribution >= 0.6 is 0 Å². The van der Waals surface area contributed by atoms with Crippen molar-refractivity contribution in [1.82, 2.24) is 9.55 Å². The number of ether oxygens (including phenoxy) is 2. The lowest BCUT2D eigenvalue weighted by molar-refractivity contribution is -0.385. The van der Waals surface area contributed by atoms with Crippen molar-refractivity contribution in [2.24, 2.45) is 0 Å². The largest absolute Gasteiger partial charge is 0.454 e. The Kier molecular flexibility index (Phi) is 4.66. The maximum Gasteiger partial charge on any atom is 0.279 e. The van der Waals surface area contributed by atoms with Crippen molar-refractivity contribution in [3.05, 3.63) is 93.7 Å². The van der Waals surface area contributed by atoms with Crippen molar-refractivity contribution in [2.75, 3.05) is 17.4 Å². The quantitative estimate of drug-likeness (QED) is 0.331. The van der Waals surface area contributed by atoms with Crippen LogP contribution in [0.5, 0.6) is 11.5 Å². The number of aromatic nitrogens is 2. The highest BCUT2D eigenvalue weighted by molar-refractivity contribution is 6.06. The highest BCUT2D eigenvalue weighted by Gasteiger charge is 2.39. The van der Waals surface area contributed by atoms with Gasteiger partial charge in [0, 0.05) is 11.4 Å².